The molecule has 4 nitrogen and oxygen atoms in total. The molecule has 2 aromatic heterocycles. The Balaban J connectivity index is 1.76. The van der Waals surface area contributed by atoms with Crippen LogP contribution in [0.15, 0.2) is 41.1 Å². The van der Waals surface area contributed by atoms with Gasteiger partial charge >= 0.3 is 0 Å². The maximum absolute atomic E-state index is 4.73. The lowest BCUT2D eigenvalue weighted by Crippen LogP contribution is -2.31. The standard InChI is InChI=1S/C18H17BrN4/c1-2-17-21-10-12-7-9-23(11-15(12)22-17)16-6-8-20-18-13(16)4-3-5-14(18)19/h3-6,8,10H,2,7,9,11H2,1H3. The highest BCUT2D eigenvalue weighted by atomic mass is 79.9. The van der Waals surface area contributed by atoms with E-state index in [2.05, 4.69) is 55.9 Å². The first-order valence-electron chi connectivity index (χ1n) is 7.88. The van der Waals surface area contributed by atoms with E-state index in [4.69, 9.17) is 4.98 Å². The first-order chi connectivity index (χ1) is 11.3. The number of fused-ring (bicyclic) bond motifs is 2. The second kappa shape index (κ2) is 5.89. The van der Waals surface area contributed by atoms with Gasteiger partial charge in [-0.2, -0.15) is 0 Å². The van der Waals surface area contributed by atoms with Crippen LogP contribution in [0.4, 0.5) is 5.69 Å². The largest absolute Gasteiger partial charge is 0.365 e. The van der Waals surface area contributed by atoms with Gasteiger partial charge in [0.1, 0.15) is 5.82 Å². The maximum Gasteiger partial charge on any atom is 0.128 e. The second-order valence-electron chi connectivity index (χ2n) is 5.75. The van der Waals surface area contributed by atoms with Gasteiger partial charge in [0.05, 0.1) is 17.8 Å². The Hall–Kier alpha value is -2.01. The number of pyridine rings is 1. The number of aromatic nitrogens is 3. The van der Waals surface area contributed by atoms with Gasteiger partial charge in [-0.05, 0) is 40.0 Å². The number of halogens is 1. The van der Waals surface area contributed by atoms with Crippen molar-refractivity contribution >= 4 is 32.5 Å². The van der Waals surface area contributed by atoms with E-state index in [1.165, 1.54) is 16.6 Å². The number of benzene rings is 1. The topological polar surface area (TPSA) is 41.9 Å². The predicted octanol–water partition coefficient (Wildman–Crippen LogP) is 3.91. The summed E-state index contributed by atoms with van der Waals surface area (Å²) in [7, 11) is 0. The van der Waals surface area contributed by atoms with Gasteiger partial charge in [0, 0.05) is 40.9 Å². The fraction of sp³-hybridized carbons (Fsp3) is 0.278. The summed E-state index contributed by atoms with van der Waals surface area (Å²) in [5.74, 6) is 0.924. The van der Waals surface area contributed by atoms with Crippen LogP contribution in [0.1, 0.15) is 24.0 Å². The van der Waals surface area contributed by atoms with Crippen LogP contribution in [0.5, 0.6) is 0 Å². The lowest BCUT2D eigenvalue weighted by atomic mass is 10.0. The molecule has 0 unspecified atom stereocenters. The maximum atomic E-state index is 4.73. The van der Waals surface area contributed by atoms with E-state index < -0.39 is 0 Å². The smallest absolute Gasteiger partial charge is 0.128 e. The van der Waals surface area contributed by atoms with Gasteiger partial charge in [0.25, 0.3) is 0 Å². The van der Waals surface area contributed by atoms with Crippen molar-refractivity contribution in [2.75, 3.05) is 11.4 Å². The third kappa shape index (κ3) is 2.59. The molecule has 0 saturated carbocycles. The Morgan fingerprint density at radius 3 is 3.00 bits per heavy atom. The number of para-hydroxylation sites is 1. The van der Waals surface area contributed by atoms with Crippen molar-refractivity contribution in [3.8, 4) is 0 Å². The number of anilines is 1. The molecule has 0 radical (unpaired) electrons. The van der Waals surface area contributed by atoms with Crippen molar-refractivity contribution in [2.45, 2.75) is 26.3 Å². The Labute approximate surface area is 143 Å². The Bertz CT molecular complexity index is 878. The van der Waals surface area contributed by atoms with Crippen molar-refractivity contribution < 1.29 is 0 Å². The highest BCUT2D eigenvalue weighted by Gasteiger charge is 2.20. The molecule has 0 amide bonds. The number of hydrogen-bond donors (Lipinski definition) is 0. The molecule has 0 fully saturated rings. The molecule has 0 aliphatic carbocycles. The van der Waals surface area contributed by atoms with Gasteiger partial charge in [-0.25, -0.2) is 9.97 Å². The van der Waals surface area contributed by atoms with Crippen molar-refractivity contribution in [3.05, 3.63) is 58.2 Å². The molecule has 3 aromatic rings. The first-order valence-corrected chi connectivity index (χ1v) is 8.67. The molecule has 1 aliphatic heterocycles. The van der Waals surface area contributed by atoms with Crippen LogP contribution in [-0.4, -0.2) is 21.5 Å². The average Bonchev–Trinajstić information content (AvgIpc) is 2.60. The quantitative estimate of drug-likeness (QED) is 0.687. The highest BCUT2D eigenvalue weighted by Crippen LogP contribution is 2.32. The number of nitrogens with zero attached hydrogens (tertiary/aromatic N) is 4. The van der Waals surface area contributed by atoms with Crippen LogP contribution in [0.3, 0.4) is 0 Å². The molecule has 4 rings (SSSR count). The van der Waals surface area contributed by atoms with E-state index in [9.17, 15) is 0 Å². The third-order valence-electron chi connectivity index (χ3n) is 4.35. The molecule has 0 N–H and O–H groups in total. The van der Waals surface area contributed by atoms with E-state index in [1.807, 2.05) is 18.5 Å². The van der Waals surface area contributed by atoms with Gasteiger partial charge in [0.2, 0.25) is 0 Å². The average molecular weight is 369 g/mol. The lowest BCUT2D eigenvalue weighted by Gasteiger charge is -2.30. The van der Waals surface area contributed by atoms with Crippen molar-refractivity contribution in [1.29, 1.82) is 0 Å². The minimum Gasteiger partial charge on any atom is -0.365 e. The number of hydrogen-bond acceptors (Lipinski definition) is 4. The minimum absolute atomic E-state index is 0.830. The van der Waals surface area contributed by atoms with Gasteiger partial charge in [-0.3, -0.25) is 4.98 Å². The zero-order valence-electron chi connectivity index (χ0n) is 13.0. The zero-order valence-corrected chi connectivity index (χ0v) is 14.5. The fourth-order valence-corrected chi connectivity index (χ4v) is 3.59. The van der Waals surface area contributed by atoms with Gasteiger partial charge in [-0.15, -0.1) is 0 Å². The summed E-state index contributed by atoms with van der Waals surface area (Å²) in [4.78, 5) is 16.1. The monoisotopic (exact) mass is 368 g/mol. The third-order valence-corrected chi connectivity index (χ3v) is 4.99. The predicted molar refractivity (Wildman–Crippen MR) is 95.6 cm³/mol. The SMILES string of the molecule is CCc1ncc2c(n1)CN(c1ccnc3c(Br)cccc13)CC2. The summed E-state index contributed by atoms with van der Waals surface area (Å²) in [6.07, 6.45) is 5.74. The van der Waals surface area contributed by atoms with E-state index in [0.29, 0.717) is 0 Å². The van der Waals surface area contributed by atoms with Crippen LogP contribution >= 0.6 is 15.9 Å². The number of aryl methyl sites for hydroxylation is 1. The minimum atomic E-state index is 0.830. The van der Waals surface area contributed by atoms with E-state index in [0.717, 1.165) is 47.4 Å². The summed E-state index contributed by atoms with van der Waals surface area (Å²) in [6, 6.07) is 8.33. The van der Waals surface area contributed by atoms with Crippen molar-refractivity contribution in [3.63, 3.8) is 0 Å². The molecule has 1 aliphatic rings. The Morgan fingerprint density at radius 2 is 2.13 bits per heavy atom. The molecule has 0 atom stereocenters. The van der Waals surface area contributed by atoms with Crippen LogP contribution in [-0.2, 0) is 19.4 Å². The highest BCUT2D eigenvalue weighted by molar-refractivity contribution is 9.10. The molecule has 3 heterocycles. The van der Waals surface area contributed by atoms with E-state index in [1.54, 1.807) is 0 Å². The van der Waals surface area contributed by atoms with Crippen LogP contribution in [0.2, 0.25) is 0 Å². The molecule has 0 bridgehead atoms. The van der Waals surface area contributed by atoms with Gasteiger partial charge in [0.15, 0.2) is 0 Å². The van der Waals surface area contributed by atoms with E-state index >= 15 is 0 Å². The van der Waals surface area contributed by atoms with Crippen LogP contribution in [0.25, 0.3) is 10.9 Å². The van der Waals surface area contributed by atoms with Crippen LogP contribution < -0.4 is 4.90 Å². The summed E-state index contributed by atoms with van der Waals surface area (Å²) >= 11 is 3.60. The lowest BCUT2D eigenvalue weighted by molar-refractivity contribution is 0.694. The molecule has 23 heavy (non-hydrogen) atoms. The Kier molecular flexibility index (Phi) is 3.73. The van der Waals surface area contributed by atoms with Gasteiger partial charge in [-0.1, -0.05) is 19.1 Å². The molecule has 0 spiro atoms. The summed E-state index contributed by atoms with van der Waals surface area (Å²) < 4.78 is 1.03. The normalized spacial score (nSPS) is 14.1. The van der Waals surface area contributed by atoms with Gasteiger partial charge < -0.3 is 4.90 Å². The zero-order chi connectivity index (χ0) is 15.8. The van der Waals surface area contributed by atoms with Crippen LogP contribution in [0, 0.1) is 0 Å². The number of rotatable bonds is 2. The summed E-state index contributed by atoms with van der Waals surface area (Å²) in [5.41, 5.74) is 4.66. The fourth-order valence-electron chi connectivity index (χ4n) is 3.12. The van der Waals surface area contributed by atoms with Crippen molar-refractivity contribution in [2.24, 2.45) is 0 Å². The first kappa shape index (κ1) is 14.6. The molecular formula is C18H17BrN4. The molecule has 5 heteroatoms. The molecule has 1 aromatic carbocycles. The Morgan fingerprint density at radius 1 is 1.22 bits per heavy atom. The van der Waals surface area contributed by atoms with Crippen molar-refractivity contribution in [1.82, 2.24) is 15.0 Å². The molecule has 116 valence electrons. The molecular weight excluding hydrogens is 352 g/mol. The summed E-state index contributed by atoms with van der Waals surface area (Å²) in [5, 5.41) is 1.18. The summed E-state index contributed by atoms with van der Waals surface area (Å²) in [6.45, 7) is 3.90. The molecule has 0 saturated heterocycles. The van der Waals surface area contributed by atoms with E-state index in [-0.39, 0.29) is 0 Å². The second-order valence-corrected chi connectivity index (χ2v) is 6.60.